The van der Waals surface area contributed by atoms with Crippen LogP contribution in [0, 0.1) is 0 Å². The number of nitrogens with zero attached hydrogens (tertiary/aromatic N) is 2. The summed E-state index contributed by atoms with van der Waals surface area (Å²) in [6, 6.07) is 9.87. The summed E-state index contributed by atoms with van der Waals surface area (Å²) in [5.74, 6) is 0.170. The number of fused-ring (bicyclic) bond motifs is 1. The molecule has 0 aliphatic heterocycles. The predicted octanol–water partition coefficient (Wildman–Crippen LogP) is 4.90. The van der Waals surface area contributed by atoms with Crippen molar-refractivity contribution < 1.29 is 22.6 Å². The Morgan fingerprint density at radius 1 is 1.08 bits per heavy atom. The highest BCUT2D eigenvalue weighted by molar-refractivity contribution is 6.30. The van der Waals surface area contributed by atoms with Crippen LogP contribution in [0.5, 0.6) is 11.8 Å². The molecule has 0 unspecified atom stereocenters. The number of hydrogen-bond donors (Lipinski definition) is 0. The van der Waals surface area contributed by atoms with E-state index in [1.165, 1.54) is 19.4 Å². The second-order valence-electron chi connectivity index (χ2n) is 5.14. The van der Waals surface area contributed by atoms with Gasteiger partial charge in [0, 0.05) is 22.7 Å². The molecule has 0 aliphatic rings. The number of aromatic nitrogens is 2. The standard InChI is InChI=1S/C17H12ClF3N2O2/c1-24-16-14(10-2-5-12(18)6-3-10)15-11(8-22-16)4-7-13(23-15)25-9-17(19,20)21/h2-8H,9H2,1H3. The first-order valence-corrected chi connectivity index (χ1v) is 7.54. The van der Waals surface area contributed by atoms with Crippen molar-refractivity contribution in [2.75, 3.05) is 13.7 Å². The molecule has 3 aromatic rings. The van der Waals surface area contributed by atoms with Gasteiger partial charge in [-0.2, -0.15) is 13.2 Å². The lowest BCUT2D eigenvalue weighted by molar-refractivity contribution is -0.154. The lowest BCUT2D eigenvalue weighted by Gasteiger charge is -2.13. The van der Waals surface area contributed by atoms with E-state index in [4.69, 9.17) is 21.1 Å². The maximum Gasteiger partial charge on any atom is 0.422 e. The average Bonchev–Trinajstić information content (AvgIpc) is 2.59. The van der Waals surface area contributed by atoms with Crippen molar-refractivity contribution in [2.24, 2.45) is 0 Å². The van der Waals surface area contributed by atoms with Crippen molar-refractivity contribution in [3.63, 3.8) is 0 Å². The van der Waals surface area contributed by atoms with Crippen molar-refractivity contribution in [1.82, 2.24) is 9.97 Å². The van der Waals surface area contributed by atoms with E-state index in [1.807, 2.05) is 0 Å². The number of alkyl halides is 3. The van der Waals surface area contributed by atoms with Crippen molar-refractivity contribution in [1.29, 1.82) is 0 Å². The Labute approximate surface area is 146 Å². The molecule has 1 aromatic carbocycles. The van der Waals surface area contributed by atoms with Gasteiger partial charge in [-0.15, -0.1) is 0 Å². The minimum Gasteiger partial charge on any atom is -0.480 e. The summed E-state index contributed by atoms with van der Waals surface area (Å²) in [5, 5.41) is 1.20. The van der Waals surface area contributed by atoms with E-state index in [-0.39, 0.29) is 5.88 Å². The van der Waals surface area contributed by atoms with Gasteiger partial charge >= 0.3 is 6.18 Å². The normalized spacial score (nSPS) is 11.6. The SMILES string of the molecule is COc1ncc2ccc(OCC(F)(F)F)nc2c1-c1ccc(Cl)cc1. The Kier molecular flexibility index (Phi) is 4.67. The van der Waals surface area contributed by atoms with E-state index in [1.54, 1.807) is 30.3 Å². The second kappa shape index (κ2) is 6.76. The van der Waals surface area contributed by atoms with Gasteiger partial charge in [-0.1, -0.05) is 23.7 Å². The van der Waals surface area contributed by atoms with E-state index in [0.29, 0.717) is 27.4 Å². The Morgan fingerprint density at radius 2 is 1.80 bits per heavy atom. The van der Waals surface area contributed by atoms with Crippen LogP contribution in [0.15, 0.2) is 42.6 Å². The summed E-state index contributed by atoms with van der Waals surface area (Å²) in [5.41, 5.74) is 1.70. The Morgan fingerprint density at radius 3 is 2.44 bits per heavy atom. The number of rotatable bonds is 4. The van der Waals surface area contributed by atoms with Gasteiger partial charge < -0.3 is 9.47 Å². The first-order valence-electron chi connectivity index (χ1n) is 7.16. The summed E-state index contributed by atoms with van der Waals surface area (Å²) >= 11 is 5.91. The molecule has 0 bridgehead atoms. The van der Waals surface area contributed by atoms with Crippen LogP contribution in [-0.4, -0.2) is 29.9 Å². The molecule has 0 saturated carbocycles. The zero-order valence-electron chi connectivity index (χ0n) is 13.0. The molecule has 2 heterocycles. The molecule has 130 valence electrons. The fourth-order valence-corrected chi connectivity index (χ4v) is 2.44. The summed E-state index contributed by atoms with van der Waals surface area (Å²) in [4.78, 5) is 8.43. The van der Waals surface area contributed by atoms with E-state index < -0.39 is 12.8 Å². The van der Waals surface area contributed by atoms with Gasteiger partial charge in [0.25, 0.3) is 0 Å². The van der Waals surface area contributed by atoms with Crippen LogP contribution >= 0.6 is 11.6 Å². The summed E-state index contributed by atoms with van der Waals surface area (Å²) in [6.07, 6.45) is -2.90. The van der Waals surface area contributed by atoms with Crippen LogP contribution in [0.2, 0.25) is 5.02 Å². The fraction of sp³-hybridized carbons (Fsp3) is 0.176. The van der Waals surface area contributed by atoms with E-state index in [0.717, 1.165) is 5.56 Å². The molecule has 3 rings (SSSR count). The molecule has 0 fully saturated rings. The van der Waals surface area contributed by atoms with Gasteiger partial charge in [0.15, 0.2) is 6.61 Å². The van der Waals surface area contributed by atoms with Crippen LogP contribution in [0.3, 0.4) is 0 Å². The third-order valence-electron chi connectivity index (χ3n) is 3.38. The maximum atomic E-state index is 12.4. The molecular formula is C17H12ClF3N2O2. The molecule has 0 saturated heterocycles. The van der Waals surface area contributed by atoms with Crippen molar-refractivity contribution in [2.45, 2.75) is 6.18 Å². The summed E-state index contributed by atoms with van der Waals surface area (Å²) in [7, 11) is 1.46. The number of benzene rings is 1. The number of halogens is 4. The third-order valence-corrected chi connectivity index (χ3v) is 3.63. The van der Waals surface area contributed by atoms with Crippen LogP contribution in [0.25, 0.3) is 22.0 Å². The lowest BCUT2D eigenvalue weighted by Crippen LogP contribution is -2.19. The fourth-order valence-electron chi connectivity index (χ4n) is 2.32. The van der Waals surface area contributed by atoms with Crippen LogP contribution in [0.4, 0.5) is 13.2 Å². The quantitative estimate of drug-likeness (QED) is 0.657. The largest absolute Gasteiger partial charge is 0.480 e. The highest BCUT2D eigenvalue weighted by Gasteiger charge is 2.28. The molecule has 0 amide bonds. The smallest absolute Gasteiger partial charge is 0.422 e. The van der Waals surface area contributed by atoms with E-state index in [2.05, 4.69) is 9.97 Å². The minimum absolute atomic E-state index is 0.131. The molecule has 0 spiro atoms. The molecule has 2 aromatic heterocycles. The molecule has 0 atom stereocenters. The van der Waals surface area contributed by atoms with E-state index >= 15 is 0 Å². The Balaban J connectivity index is 2.13. The Bertz CT molecular complexity index is 899. The monoisotopic (exact) mass is 368 g/mol. The van der Waals surface area contributed by atoms with Crippen LogP contribution in [-0.2, 0) is 0 Å². The number of hydrogen-bond acceptors (Lipinski definition) is 4. The zero-order chi connectivity index (χ0) is 18.0. The van der Waals surface area contributed by atoms with Gasteiger partial charge in [0.2, 0.25) is 11.8 Å². The zero-order valence-corrected chi connectivity index (χ0v) is 13.7. The number of ether oxygens (including phenoxy) is 2. The van der Waals surface area contributed by atoms with E-state index in [9.17, 15) is 13.2 Å². The Hall–Kier alpha value is -2.54. The summed E-state index contributed by atoms with van der Waals surface area (Å²) < 4.78 is 47.1. The molecule has 8 heteroatoms. The third kappa shape index (κ3) is 3.93. The van der Waals surface area contributed by atoms with Crippen molar-refractivity contribution in [3.8, 4) is 22.9 Å². The second-order valence-corrected chi connectivity index (χ2v) is 5.58. The maximum absolute atomic E-state index is 12.4. The van der Waals surface area contributed by atoms with Crippen molar-refractivity contribution >= 4 is 22.5 Å². The highest BCUT2D eigenvalue weighted by atomic mass is 35.5. The minimum atomic E-state index is -4.44. The first-order chi connectivity index (χ1) is 11.9. The molecule has 4 nitrogen and oxygen atoms in total. The highest BCUT2D eigenvalue weighted by Crippen LogP contribution is 2.35. The van der Waals surface area contributed by atoms with Crippen LogP contribution < -0.4 is 9.47 Å². The summed E-state index contributed by atoms with van der Waals surface area (Å²) in [6.45, 7) is -1.41. The number of methoxy groups -OCH3 is 1. The molecule has 0 N–H and O–H groups in total. The molecular weight excluding hydrogens is 357 g/mol. The van der Waals surface area contributed by atoms with Gasteiger partial charge in [0.05, 0.1) is 18.2 Å². The van der Waals surface area contributed by atoms with Gasteiger partial charge in [-0.25, -0.2) is 9.97 Å². The molecule has 25 heavy (non-hydrogen) atoms. The van der Waals surface area contributed by atoms with Gasteiger partial charge in [-0.05, 0) is 23.8 Å². The van der Waals surface area contributed by atoms with Gasteiger partial charge in [-0.3, -0.25) is 0 Å². The first kappa shape index (κ1) is 17.3. The van der Waals surface area contributed by atoms with Gasteiger partial charge in [0.1, 0.15) is 0 Å². The van der Waals surface area contributed by atoms with Crippen molar-refractivity contribution in [3.05, 3.63) is 47.6 Å². The van der Waals surface area contributed by atoms with Crippen LogP contribution in [0.1, 0.15) is 0 Å². The molecule has 0 aliphatic carbocycles. The average molecular weight is 369 g/mol. The predicted molar refractivity (Wildman–Crippen MR) is 88.1 cm³/mol. The lowest BCUT2D eigenvalue weighted by atomic mass is 10.0. The number of pyridine rings is 2. The topological polar surface area (TPSA) is 44.2 Å². The molecule has 0 radical (unpaired) electrons.